The molecule has 0 amide bonds. The fourth-order valence-corrected chi connectivity index (χ4v) is 3.62. The zero-order valence-electron chi connectivity index (χ0n) is 9.62. The van der Waals surface area contributed by atoms with E-state index < -0.39 is 10.0 Å². The molecule has 1 heterocycles. The van der Waals surface area contributed by atoms with Crippen LogP contribution in [0.25, 0.3) is 0 Å². The topological polar surface area (TPSA) is 71.1 Å². The van der Waals surface area contributed by atoms with Crippen molar-refractivity contribution in [3.05, 3.63) is 16.7 Å². The summed E-state index contributed by atoms with van der Waals surface area (Å²) in [5, 5.41) is 2.78. The summed E-state index contributed by atoms with van der Waals surface area (Å²) < 4.78 is 27.7. The van der Waals surface area contributed by atoms with E-state index in [1.165, 1.54) is 0 Å². The number of halogens is 1. The molecule has 1 aliphatic carbocycles. The molecule has 5 nitrogen and oxygen atoms in total. The highest BCUT2D eigenvalue weighted by Gasteiger charge is 2.41. The van der Waals surface area contributed by atoms with E-state index in [0.717, 1.165) is 12.8 Å². The molecule has 0 spiro atoms. The molecule has 0 saturated heterocycles. The van der Waals surface area contributed by atoms with Crippen LogP contribution in [0.1, 0.15) is 19.8 Å². The van der Waals surface area contributed by atoms with E-state index >= 15 is 0 Å². The number of aromatic nitrogens is 1. The first-order chi connectivity index (χ1) is 7.86. The number of anilines is 1. The van der Waals surface area contributed by atoms with Gasteiger partial charge in [-0.1, -0.05) is 0 Å². The van der Waals surface area contributed by atoms with Crippen molar-refractivity contribution >= 4 is 31.8 Å². The minimum Gasteiger partial charge on any atom is -0.372 e. The van der Waals surface area contributed by atoms with Gasteiger partial charge in [-0.25, -0.2) is 18.1 Å². The van der Waals surface area contributed by atoms with E-state index in [1.54, 1.807) is 19.3 Å². The molecule has 1 fully saturated rings. The van der Waals surface area contributed by atoms with Crippen molar-refractivity contribution in [2.45, 2.75) is 30.2 Å². The van der Waals surface area contributed by atoms with E-state index in [0.29, 0.717) is 10.3 Å². The Bertz CT molecular complexity index is 540. The van der Waals surface area contributed by atoms with Crippen LogP contribution >= 0.6 is 15.9 Å². The first kappa shape index (κ1) is 12.8. The third kappa shape index (κ3) is 2.78. The Morgan fingerprint density at radius 2 is 2.12 bits per heavy atom. The predicted molar refractivity (Wildman–Crippen MR) is 69.4 cm³/mol. The third-order valence-corrected chi connectivity index (χ3v) is 4.81. The maximum atomic E-state index is 12.2. The van der Waals surface area contributed by atoms with E-state index in [9.17, 15) is 8.42 Å². The Hall–Kier alpha value is -0.660. The lowest BCUT2D eigenvalue weighted by Gasteiger charge is -2.14. The zero-order valence-corrected chi connectivity index (χ0v) is 12.0. The first-order valence-corrected chi connectivity index (χ1v) is 7.51. The van der Waals surface area contributed by atoms with Crippen molar-refractivity contribution in [1.29, 1.82) is 0 Å². The second-order valence-corrected chi connectivity index (χ2v) is 6.98. The molecule has 0 aliphatic heterocycles. The van der Waals surface area contributed by atoms with Crippen molar-refractivity contribution in [2.24, 2.45) is 0 Å². The second kappa shape index (κ2) is 4.22. The summed E-state index contributed by atoms with van der Waals surface area (Å²) in [5.41, 5.74) is -0.286. The normalized spacial score (nSPS) is 17.8. The molecule has 1 aromatic rings. The summed E-state index contributed by atoms with van der Waals surface area (Å²) in [6.07, 6.45) is 3.31. The minimum absolute atomic E-state index is 0.169. The molecule has 2 N–H and O–H groups in total. The molecule has 1 aliphatic rings. The van der Waals surface area contributed by atoms with Gasteiger partial charge in [0.1, 0.15) is 10.7 Å². The number of nitrogens with one attached hydrogen (secondary N) is 2. The van der Waals surface area contributed by atoms with Gasteiger partial charge in [0, 0.05) is 23.3 Å². The molecule has 0 aromatic carbocycles. The second-order valence-electron chi connectivity index (χ2n) is 4.42. The number of nitrogens with zero attached hydrogens (tertiary/aromatic N) is 1. The summed E-state index contributed by atoms with van der Waals surface area (Å²) in [5.74, 6) is 0.352. The van der Waals surface area contributed by atoms with Gasteiger partial charge >= 0.3 is 0 Å². The minimum atomic E-state index is -3.53. The van der Waals surface area contributed by atoms with Gasteiger partial charge in [0.2, 0.25) is 10.0 Å². The van der Waals surface area contributed by atoms with E-state index in [4.69, 9.17) is 0 Å². The van der Waals surface area contributed by atoms with Gasteiger partial charge in [0.15, 0.2) is 0 Å². The molecular weight excluding hydrogens is 306 g/mol. The van der Waals surface area contributed by atoms with Crippen LogP contribution in [-0.2, 0) is 10.0 Å². The number of rotatable bonds is 4. The van der Waals surface area contributed by atoms with Gasteiger partial charge in [0.05, 0.1) is 0 Å². The summed E-state index contributed by atoms with van der Waals surface area (Å²) in [6, 6.07) is 1.55. The van der Waals surface area contributed by atoms with Crippen molar-refractivity contribution in [2.75, 3.05) is 12.4 Å². The third-order valence-electron chi connectivity index (χ3n) is 2.73. The molecule has 17 heavy (non-hydrogen) atoms. The lowest BCUT2D eigenvalue weighted by atomic mass is 10.4. The molecule has 0 atom stereocenters. The number of hydrogen-bond donors (Lipinski definition) is 2. The number of sulfonamides is 1. The molecule has 1 saturated carbocycles. The standard InChI is InChI=1S/C10H14BrN3O2S/c1-10(3-4-10)14-17(15,16)8-5-7(11)6-13-9(8)12-2/h5-6,14H,3-4H2,1-2H3,(H,12,13). The Morgan fingerprint density at radius 1 is 1.47 bits per heavy atom. The number of pyridine rings is 1. The van der Waals surface area contributed by atoms with Crippen molar-refractivity contribution in [3.63, 3.8) is 0 Å². The van der Waals surface area contributed by atoms with Crippen LogP contribution in [0.4, 0.5) is 5.82 Å². The summed E-state index contributed by atoms with van der Waals surface area (Å²) in [4.78, 5) is 4.21. The quantitative estimate of drug-likeness (QED) is 0.886. The highest BCUT2D eigenvalue weighted by atomic mass is 79.9. The molecule has 0 bridgehead atoms. The molecule has 94 valence electrons. The smallest absolute Gasteiger partial charge is 0.244 e. The molecule has 0 radical (unpaired) electrons. The summed E-state index contributed by atoms with van der Waals surface area (Å²) in [7, 11) is -1.88. The van der Waals surface area contributed by atoms with Crippen molar-refractivity contribution in [1.82, 2.24) is 9.71 Å². The predicted octanol–water partition coefficient (Wildman–Crippen LogP) is 1.72. The van der Waals surface area contributed by atoms with Gasteiger partial charge in [-0.3, -0.25) is 0 Å². The van der Waals surface area contributed by atoms with Gasteiger partial charge < -0.3 is 5.32 Å². The summed E-state index contributed by atoms with van der Waals surface area (Å²) >= 11 is 3.23. The first-order valence-electron chi connectivity index (χ1n) is 5.24. The lowest BCUT2D eigenvalue weighted by Crippen LogP contribution is -2.34. The van der Waals surface area contributed by atoms with Crippen molar-refractivity contribution < 1.29 is 8.42 Å². The molecule has 1 aromatic heterocycles. The lowest BCUT2D eigenvalue weighted by molar-refractivity contribution is 0.558. The Labute approximate surface area is 109 Å². The fraction of sp³-hybridized carbons (Fsp3) is 0.500. The van der Waals surface area contributed by atoms with Crippen molar-refractivity contribution in [3.8, 4) is 0 Å². The molecule has 2 rings (SSSR count). The van der Waals surface area contributed by atoms with Gasteiger partial charge in [-0.05, 0) is 41.8 Å². The Morgan fingerprint density at radius 3 is 2.65 bits per heavy atom. The van der Waals surface area contributed by atoms with E-state index in [1.807, 2.05) is 6.92 Å². The SMILES string of the molecule is CNc1ncc(Br)cc1S(=O)(=O)NC1(C)CC1. The summed E-state index contributed by atoms with van der Waals surface area (Å²) in [6.45, 7) is 1.90. The van der Waals surface area contributed by atoms with Crippen LogP contribution in [0, 0.1) is 0 Å². The maximum absolute atomic E-state index is 12.2. The van der Waals surface area contributed by atoms with Crippen LogP contribution in [0.2, 0.25) is 0 Å². The van der Waals surface area contributed by atoms with Crippen LogP contribution in [0.15, 0.2) is 21.6 Å². The highest BCUT2D eigenvalue weighted by molar-refractivity contribution is 9.10. The molecule has 7 heteroatoms. The van der Waals surface area contributed by atoms with Gasteiger partial charge in [0.25, 0.3) is 0 Å². The number of hydrogen-bond acceptors (Lipinski definition) is 4. The molecule has 0 unspecified atom stereocenters. The van der Waals surface area contributed by atoms with Crippen LogP contribution in [0.3, 0.4) is 0 Å². The fourth-order valence-electron chi connectivity index (χ4n) is 1.48. The van der Waals surface area contributed by atoms with Gasteiger partial charge in [-0.15, -0.1) is 0 Å². The Kier molecular flexibility index (Phi) is 3.17. The highest BCUT2D eigenvalue weighted by Crippen LogP contribution is 2.36. The van der Waals surface area contributed by atoms with E-state index in [-0.39, 0.29) is 10.4 Å². The molecular formula is C10H14BrN3O2S. The zero-order chi connectivity index (χ0) is 12.7. The van der Waals surface area contributed by atoms with Crippen LogP contribution in [-0.4, -0.2) is 26.0 Å². The maximum Gasteiger partial charge on any atom is 0.244 e. The monoisotopic (exact) mass is 319 g/mol. The van der Waals surface area contributed by atoms with Gasteiger partial charge in [-0.2, -0.15) is 0 Å². The average Bonchev–Trinajstić information content (AvgIpc) is 2.95. The van der Waals surface area contributed by atoms with Crippen LogP contribution < -0.4 is 10.0 Å². The van der Waals surface area contributed by atoms with Crippen LogP contribution in [0.5, 0.6) is 0 Å². The van der Waals surface area contributed by atoms with E-state index in [2.05, 4.69) is 31.0 Å². The largest absolute Gasteiger partial charge is 0.372 e. The average molecular weight is 320 g/mol. The Balaban J connectivity index is 2.41.